The summed E-state index contributed by atoms with van der Waals surface area (Å²) >= 11 is 8.69. The number of hydrogen-bond acceptors (Lipinski definition) is 2. The quantitative estimate of drug-likeness (QED) is 0.776. The van der Waals surface area contributed by atoms with Gasteiger partial charge in [0.05, 0.1) is 16.7 Å². The minimum Gasteiger partial charge on any atom is -0.374 e. The molecule has 0 unspecified atom stereocenters. The zero-order valence-corrected chi connectivity index (χ0v) is 12.9. The summed E-state index contributed by atoms with van der Waals surface area (Å²) in [6.07, 6.45) is 0. The number of anilines is 2. The molecule has 2 aromatic rings. The van der Waals surface area contributed by atoms with E-state index in [4.69, 9.17) is 11.6 Å². The number of carbonyl (C=O) groups excluding carboxylic acids is 1. The lowest BCUT2D eigenvalue weighted by atomic mass is 10.3. The third kappa shape index (κ3) is 4.41. The molecule has 0 aliphatic heterocycles. The fraction of sp³-hybridized carbons (Fsp3) is 0.0714. The first-order valence-electron chi connectivity index (χ1n) is 5.89. The average molecular weight is 376 g/mol. The van der Waals surface area contributed by atoms with Gasteiger partial charge in [0.25, 0.3) is 0 Å². The van der Waals surface area contributed by atoms with Gasteiger partial charge in [-0.2, -0.15) is 0 Å². The molecule has 0 fully saturated rings. The molecule has 110 valence electrons. The third-order valence-corrected chi connectivity index (χ3v) is 3.44. The fourth-order valence-electron chi connectivity index (χ4n) is 1.57. The van der Waals surface area contributed by atoms with Crippen LogP contribution < -0.4 is 10.6 Å². The molecule has 2 N–H and O–H groups in total. The Kier molecular flexibility index (Phi) is 5.14. The van der Waals surface area contributed by atoms with Gasteiger partial charge in [-0.3, -0.25) is 4.79 Å². The van der Waals surface area contributed by atoms with E-state index in [0.29, 0.717) is 10.7 Å². The Labute approximate surface area is 133 Å². The molecule has 0 atom stereocenters. The summed E-state index contributed by atoms with van der Waals surface area (Å²) in [6.45, 7) is -0.155. The van der Waals surface area contributed by atoms with Crippen LogP contribution in [0.25, 0.3) is 0 Å². The normalized spacial score (nSPS) is 10.3. The van der Waals surface area contributed by atoms with Crippen molar-refractivity contribution in [1.29, 1.82) is 0 Å². The summed E-state index contributed by atoms with van der Waals surface area (Å²) in [6, 6.07) is 8.55. The van der Waals surface area contributed by atoms with E-state index in [-0.39, 0.29) is 22.6 Å². The molecule has 0 spiro atoms. The molecular weight excluding hydrogens is 366 g/mol. The molecule has 0 heterocycles. The predicted octanol–water partition coefficient (Wildman–Crippen LogP) is 4.43. The van der Waals surface area contributed by atoms with Gasteiger partial charge in [-0.15, -0.1) is 0 Å². The van der Waals surface area contributed by atoms with Gasteiger partial charge in [-0.1, -0.05) is 11.6 Å². The number of amides is 1. The summed E-state index contributed by atoms with van der Waals surface area (Å²) < 4.78 is 26.7. The van der Waals surface area contributed by atoms with Crippen LogP contribution in [0.2, 0.25) is 5.02 Å². The maximum absolute atomic E-state index is 13.5. The van der Waals surface area contributed by atoms with Gasteiger partial charge >= 0.3 is 0 Å². The molecule has 0 aromatic heterocycles. The highest BCUT2D eigenvalue weighted by Gasteiger charge is 2.09. The topological polar surface area (TPSA) is 41.1 Å². The average Bonchev–Trinajstić information content (AvgIpc) is 2.44. The molecule has 1 amide bonds. The highest BCUT2D eigenvalue weighted by Crippen LogP contribution is 2.23. The van der Waals surface area contributed by atoms with E-state index in [1.54, 1.807) is 24.3 Å². The van der Waals surface area contributed by atoms with Crippen molar-refractivity contribution in [3.8, 4) is 0 Å². The molecule has 0 saturated carbocycles. The largest absolute Gasteiger partial charge is 0.374 e. The number of rotatable bonds is 4. The van der Waals surface area contributed by atoms with Crippen molar-refractivity contribution in [1.82, 2.24) is 0 Å². The van der Waals surface area contributed by atoms with Gasteiger partial charge in [0.1, 0.15) is 11.6 Å². The predicted molar refractivity (Wildman–Crippen MR) is 82.6 cm³/mol. The fourth-order valence-corrected chi connectivity index (χ4v) is 2.04. The van der Waals surface area contributed by atoms with Crippen LogP contribution in [0.5, 0.6) is 0 Å². The van der Waals surface area contributed by atoms with Crippen molar-refractivity contribution in [2.45, 2.75) is 0 Å². The number of carbonyl (C=O) groups is 1. The van der Waals surface area contributed by atoms with E-state index in [9.17, 15) is 13.6 Å². The number of nitrogens with one attached hydrogen (secondary N) is 2. The van der Waals surface area contributed by atoms with Crippen molar-refractivity contribution in [2.75, 3.05) is 17.2 Å². The van der Waals surface area contributed by atoms with E-state index in [1.165, 1.54) is 6.07 Å². The first-order valence-corrected chi connectivity index (χ1v) is 7.06. The first-order chi connectivity index (χ1) is 9.95. The highest BCUT2D eigenvalue weighted by molar-refractivity contribution is 9.10. The lowest BCUT2D eigenvalue weighted by molar-refractivity contribution is -0.114. The summed E-state index contributed by atoms with van der Waals surface area (Å²) in [5, 5.41) is 5.78. The first kappa shape index (κ1) is 15.7. The lowest BCUT2D eigenvalue weighted by Gasteiger charge is -2.09. The smallest absolute Gasteiger partial charge is 0.243 e. The van der Waals surface area contributed by atoms with Crippen LogP contribution in [0, 0.1) is 11.6 Å². The van der Waals surface area contributed by atoms with Gasteiger partial charge in [-0.05, 0) is 46.3 Å². The molecular formula is C14H10BrClF2N2O. The summed E-state index contributed by atoms with van der Waals surface area (Å²) in [5.41, 5.74) is 0.612. The maximum Gasteiger partial charge on any atom is 0.243 e. The molecule has 3 nitrogen and oxygen atoms in total. The number of halogens is 4. The molecule has 0 saturated heterocycles. The van der Waals surface area contributed by atoms with Crippen LogP contribution in [0.15, 0.2) is 40.9 Å². The van der Waals surface area contributed by atoms with Crippen molar-refractivity contribution < 1.29 is 13.6 Å². The van der Waals surface area contributed by atoms with E-state index in [1.807, 2.05) is 0 Å². The Balaban J connectivity index is 1.95. The monoisotopic (exact) mass is 374 g/mol. The molecule has 7 heteroatoms. The van der Waals surface area contributed by atoms with E-state index in [2.05, 4.69) is 26.6 Å². The van der Waals surface area contributed by atoms with Crippen LogP contribution in [-0.4, -0.2) is 12.5 Å². The van der Waals surface area contributed by atoms with E-state index >= 15 is 0 Å². The molecule has 0 aliphatic carbocycles. The van der Waals surface area contributed by atoms with Crippen LogP contribution in [0.4, 0.5) is 20.2 Å². The Morgan fingerprint density at radius 3 is 2.48 bits per heavy atom. The van der Waals surface area contributed by atoms with Crippen molar-refractivity contribution in [3.05, 3.63) is 57.5 Å². The summed E-state index contributed by atoms with van der Waals surface area (Å²) in [4.78, 5) is 11.7. The van der Waals surface area contributed by atoms with Gasteiger partial charge in [-0.25, -0.2) is 8.78 Å². The van der Waals surface area contributed by atoms with Crippen LogP contribution in [-0.2, 0) is 4.79 Å². The second-order valence-corrected chi connectivity index (χ2v) is 5.45. The Bertz CT molecular complexity index is 665. The van der Waals surface area contributed by atoms with Gasteiger partial charge in [0.2, 0.25) is 5.91 Å². The standard InChI is InChI=1S/C14H10BrClF2N2O/c15-10-5-13(12(18)6-11(10)17)19-7-14(21)20-9-3-1-8(16)2-4-9/h1-6,19H,7H2,(H,20,21). The van der Waals surface area contributed by atoms with Crippen molar-refractivity contribution in [2.24, 2.45) is 0 Å². The zero-order valence-electron chi connectivity index (χ0n) is 10.6. The summed E-state index contributed by atoms with van der Waals surface area (Å²) in [7, 11) is 0. The lowest BCUT2D eigenvalue weighted by Crippen LogP contribution is -2.22. The molecule has 2 rings (SSSR count). The second kappa shape index (κ2) is 6.87. The minimum atomic E-state index is -0.769. The zero-order chi connectivity index (χ0) is 15.4. The Morgan fingerprint density at radius 1 is 1.14 bits per heavy atom. The minimum absolute atomic E-state index is 0.0366. The molecule has 0 bridgehead atoms. The van der Waals surface area contributed by atoms with Crippen LogP contribution >= 0.6 is 27.5 Å². The van der Waals surface area contributed by atoms with E-state index < -0.39 is 11.6 Å². The van der Waals surface area contributed by atoms with Crippen LogP contribution in [0.1, 0.15) is 0 Å². The van der Waals surface area contributed by atoms with Crippen molar-refractivity contribution in [3.63, 3.8) is 0 Å². The van der Waals surface area contributed by atoms with Crippen molar-refractivity contribution >= 4 is 44.8 Å². The molecule has 21 heavy (non-hydrogen) atoms. The van der Waals surface area contributed by atoms with Crippen LogP contribution in [0.3, 0.4) is 0 Å². The SMILES string of the molecule is O=C(CNc1cc(Br)c(F)cc1F)Nc1ccc(Cl)cc1. The van der Waals surface area contributed by atoms with E-state index in [0.717, 1.165) is 6.07 Å². The molecule has 2 aromatic carbocycles. The van der Waals surface area contributed by atoms with Gasteiger partial charge in [0, 0.05) is 16.8 Å². The third-order valence-electron chi connectivity index (χ3n) is 2.58. The number of hydrogen-bond donors (Lipinski definition) is 2. The van der Waals surface area contributed by atoms with Gasteiger partial charge in [0.15, 0.2) is 0 Å². The maximum atomic E-state index is 13.5. The number of benzene rings is 2. The Hall–Kier alpha value is -1.66. The highest BCUT2D eigenvalue weighted by atomic mass is 79.9. The molecule has 0 radical (unpaired) electrons. The Morgan fingerprint density at radius 2 is 1.81 bits per heavy atom. The molecule has 0 aliphatic rings. The summed E-state index contributed by atoms with van der Waals surface area (Å²) in [5.74, 6) is -1.84. The second-order valence-electron chi connectivity index (χ2n) is 4.15. The van der Waals surface area contributed by atoms with Gasteiger partial charge < -0.3 is 10.6 Å².